The van der Waals surface area contributed by atoms with Crippen molar-refractivity contribution in [3.05, 3.63) is 56.6 Å². The van der Waals surface area contributed by atoms with E-state index in [-0.39, 0.29) is 0 Å². The minimum atomic E-state index is -1.05. The van der Waals surface area contributed by atoms with Gasteiger partial charge in [0, 0.05) is 11.6 Å². The van der Waals surface area contributed by atoms with Crippen LogP contribution in [0.4, 0.5) is 5.69 Å². The van der Waals surface area contributed by atoms with Crippen molar-refractivity contribution in [3.8, 4) is 17.2 Å². The number of phenolic OH excluding ortho intramolecular Hbond substituents is 2. The SMILES string of the molecule is O=C1c2c([O-])ccc([N+](=O)[O-])c2C(=O)c2c(O)ccc(O)c21. The van der Waals surface area contributed by atoms with Crippen LogP contribution in [0.15, 0.2) is 24.3 Å². The Hall–Kier alpha value is -3.42. The first-order valence-electron chi connectivity index (χ1n) is 5.97. The van der Waals surface area contributed by atoms with Crippen LogP contribution in [0.1, 0.15) is 31.8 Å². The molecule has 2 aromatic rings. The molecule has 0 fully saturated rings. The molecule has 3 rings (SSSR count). The molecule has 2 N–H and O–H groups in total. The summed E-state index contributed by atoms with van der Waals surface area (Å²) in [6.07, 6.45) is 0. The third kappa shape index (κ3) is 1.57. The molecule has 0 amide bonds. The highest BCUT2D eigenvalue weighted by Gasteiger charge is 2.39. The molecule has 0 aliphatic heterocycles. The maximum Gasteiger partial charge on any atom is 0.281 e. The Balaban J connectivity index is 2.47. The lowest BCUT2D eigenvalue weighted by Crippen LogP contribution is -2.24. The highest BCUT2D eigenvalue weighted by molar-refractivity contribution is 6.32. The van der Waals surface area contributed by atoms with Gasteiger partial charge in [-0.25, -0.2) is 0 Å². The molecule has 0 bridgehead atoms. The highest BCUT2D eigenvalue weighted by atomic mass is 16.6. The molecule has 0 atom stereocenters. The second-order valence-corrected chi connectivity index (χ2v) is 4.60. The lowest BCUT2D eigenvalue weighted by molar-refractivity contribution is -0.385. The number of fused-ring (bicyclic) bond motifs is 2. The van der Waals surface area contributed by atoms with Gasteiger partial charge >= 0.3 is 0 Å². The number of carbonyl (C=O) groups excluding carboxylic acids is 2. The van der Waals surface area contributed by atoms with E-state index in [1.165, 1.54) is 0 Å². The maximum absolute atomic E-state index is 12.4. The fraction of sp³-hybridized carbons (Fsp3) is 0. The zero-order valence-corrected chi connectivity index (χ0v) is 10.7. The number of phenols is 2. The van der Waals surface area contributed by atoms with E-state index in [4.69, 9.17) is 0 Å². The fourth-order valence-electron chi connectivity index (χ4n) is 2.47. The van der Waals surface area contributed by atoms with E-state index in [0.717, 1.165) is 24.3 Å². The van der Waals surface area contributed by atoms with E-state index in [1.54, 1.807) is 0 Å². The molecular formula is C14H6NO7-. The molecule has 2 aromatic carbocycles. The Labute approximate surface area is 122 Å². The summed E-state index contributed by atoms with van der Waals surface area (Å²) >= 11 is 0. The van der Waals surface area contributed by atoms with Crippen molar-refractivity contribution in [1.29, 1.82) is 0 Å². The Bertz CT molecular complexity index is 885. The van der Waals surface area contributed by atoms with E-state index in [2.05, 4.69) is 0 Å². The summed E-state index contributed by atoms with van der Waals surface area (Å²) in [6.45, 7) is 0. The van der Waals surface area contributed by atoms with E-state index >= 15 is 0 Å². The fourth-order valence-corrected chi connectivity index (χ4v) is 2.47. The number of nitrogens with zero attached hydrogens (tertiary/aromatic N) is 1. The number of nitro benzene ring substituents is 1. The first-order chi connectivity index (χ1) is 10.3. The van der Waals surface area contributed by atoms with Gasteiger partial charge in [-0.2, -0.15) is 0 Å². The van der Waals surface area contributed by atoms with Crippen LogP contribution in [0.5, 0.6) is 17.2 Å². The number of ketones is 2. The van der Waals surface area contributed by atoms with Crippen LogP contribution in [0.3, 0.4) is 0 Å². The van der Waals surface area contributed by atoms with Gasteiger partial charge in [0.2, 0.25) is 5.78 Å². The van der Waals surface area contributed by atoms with Crippen molar-refractivity contribution in [2.24, 2.45) is 0 Å². The Morgan fingerprint density at radius 2 is 1.32 bits per heavy atom. The number of benzene rings is 2. The molecule has 110 valence electrons. The molecule has 1 aliphatic rings. The largest absolute Gasteiger partial charge is 0.872 e. The average Bonchev–Trinajstić information content (AvgIpc) is 2.46. The molecule has 0 saturated heterocycles. The van der Waals surface area contributed by atoms with Crippen molar-refractivity contribution in [3.63, 3.8) is 0 Å². The third-order valence-corrected chi connectivity index (χ3v) is 3.41. The van der Waals surface area contributed by atoms with Gasteiger partial charge in [-0.1, -0.05) is 11.8 Å². The summed E-state index contributed by atoms with van der Waals surface area (Å²) < 4.78 is 0. The highest BCUT2D eigenvalue weighted by Crippen LogP contribution is 2.42. The second-order valence-electron chi connectivity index (χ2n) is 4.60. The Morgan fingerprint density at radius 3 is 1.82 bits per heavy atom. The lowest BCUT2D eigenvalue weighted by Gasteiger charge is -2.23. The molecule has 0 spiro atoms. The molecule has 8 nitrogen and oxygen atoms in total. The molecule has 1 aliphatic carbocycles. The second kappa shape index (κ2) is 4.29. The van der Waals surface area contributed by atoms with Crippen molar-refractivity contribution in [2.75, 3.05) is 0 Å². The summed E-state index contributed by atoms with van der Waals surface area (Å²) in [5.74, 6) is -4.16. The van der Waals surface area contributed by atoms with Crippen LogP contribution < -0.4 is 5.11 Å². The zero-order valence-electron chi connectivity index (χ0n) is 10.7. The summed E-state index contributed by atoms with van der Waals surface area (Å²) in [4.78, 5) is 34.9. The number of rotatable bonds is 1. The molecule has 0 aromatic heterocycles. The number of carbonyl (C=O) groups is 2. The van der Waals surface area contributed by atoms with Crippen molar-refractivity contribution in [2.45, 2.75) is 0 Å². The number of hydrogen-bond acceptors (Lipinski definition) is 7. The summed E-state index contributed by atoms with van der Waals surface area (Å²) in [7, 11) is 0. The topological polar surface area (TPSA) is 141 Å². The normalized spacial score (nSPS) is 12.7. The average molecular weight is 300 g/mol. The lowest BCUT2D eigenvalue weighted by atomic mass is 9.82. The standard InChI is InChI=1S/C14H7NO7/c16-6-2-1-5(15(21)22)9-10(6)14(20)12-8(18)4-3-7(17)11(12)13(9)19/h1-4,16-18H/p-1. The van der Waals surface area contributed by atoms with Gasteiger partial charge in [-0.3, -0.25) is 19.7 Å². The summed E-state index contributed by atoms with van der Waals surface area (Å²) in [5.41, 5.74) is -3.13. The molecule has 0 heterocycles. The van der Waals surface area contributed by atoms with Crippen molar-refractivity contribution >= 4 is 17.3 Å². The molecule has 0 radical (unpaired) electrons. The quantitative estimate of drug-likeness (QED) is 0.385. The van der Waals surface area contributed by atoms with E-state index in [1.807, 2.05) is 0 Å². The van der Waals surface area contributed by atoms with Crippen LogP contribution in [-0.2, 0) is 0 Å². The summed E-state index contributed by atoms with van der Waals surface area (Å²) in [5, 5.41) is 42.4. The third-order valence-electron chi connectivity index (χ3n) is 3.41. The van der Waals surface area contributed by atoms with Gasteiger partial charge in [0.25, 0.3) is 5.69 Å². The van der Waals surface area contributed by atoms with Gasteiger partial charge in [-0.05, 0) is 12.1 Å². The van der Waals surface area contributed by atoms with Gasteiger partial charge in [-0.15, -0.1) is 0 Å². The van der Waals surface area contributed by atoms with Gasteiger partial charge < -0.3 is 15.3 Å². The molecule has 22 heavy (non-hydrogen) atoms. The van der Waals surface area contributed by atoms with Crippen LogP contribution in [0.25, 0.3) is 0 Å². The van der Waals surface area contributed by atoms with Crippen LogP contribution in [0, 0.1) is 10.1 Å². The first-order valence-corrected chi connectivity index (χ1v) is 5.97. The zero-order chi connectivity index (χ0) is 16.2. The molecule has 0 saturated carbocycles. The monoisotopic (exact) mass is 300 g/mol. The minimum absolute atomic E-state index is 0.532. The number of aromatic hydroxyl groups is 2. The minimum Gasteiger partial charge on any atom is -0.872 e. The predicted octanol–water partition coefficient (Wildman–Crippen LogP) is 0.855. The van der Waals surface area contributed by atoms with E-state index in [0.29, 0.717) is 0 Å². The van der Waals surface area contributed by atoms with E-state index < -0.39 is 61.7 Å². The number of nitro groups is 1. The molecular weight excluding hydrogens is 294 g/mol. The first kappa shape index (κ1) is 13.6. The molecule has 8 heteroatoms. The predicted molar refractivity (Wildman–Crippen MR) is 69.2 cm³/mol. The van der Waals surface area contributed by atoms with E-state index in [9.17, 15) is 35.0 Å². The summed E-state index contributed by atoms with van der Waals surface area (Å²) in [6, 6.07) is 3.62. The number of hydrogen-bond donors (Lipinski definition) is 2. The Morgan fingerprint density at radius 1 is 0.818 bits per heavy atom. The van der Waals surface area contributed by atoms with Gasteiger partial charge in [0.05, 0.1) is 16.1 Å². The van der Waals surface area contributed by atoms with Crippen LogP contribution >= 0.6 is 0 Å². The van der Waals surface area contributed by atoms with Crippen LogP contribution in [0.2, 0.25) is 0 Å². The maximum atomic E-state index is 12.4. The Kier molecular flexibility index (Phi) is 2.64. The smallest absolute Gasteiger partial charge is 0.281 e. The van der Waals surface area contributed by atoms with Crippen LogP contribution in [-0.4, -0.2) is 26.7 Å². The van der Waals surface area contributed by atoms with Gasteiger partial charge in [0.15, 0.2) is 5.78 Å². The van der Waals surface area contributed by atoms with Gasteiger partial charge in [0.1, 0.15) is 17.1 Å². The molecule has 0 unspecified atom stereocenters. The van der Waals surface area contributed by atoms with Crippen molar-refractivity contribution < 1.29 is 29.8 Å². The van der Waals surface area contributed by atoms with Crippen molar-refractivity contribution in [1.82, 2.24) is 0 Å².